The van der Waals surface area contributed by atoms with E-state index in [1.54, 1.807) is 14.0 Å². The molecule has 6 heteroatoms. The molecule has 80 valence electrons. The molecule has 14 heavy (non-hydrogen) atoms. The van der Waals surface area contributed by atoms with E-state index in [-0.39, 0.29) is 0 Å². The number of aryl methyl sites for hydroxylation is 1. The molecular weight excluding hydrogens is 202 g/mol. The van der Waals surface area contributed by atoms with E-state index in [4.69, 9.17) is 9.15 Å². The first-order valence-electron chi connectivity index (χ1n) is 4.35. The lowest BCUT2D eigenvalue weighted by Crippen LogP contribution is -2.32. The summed E-state index contributed by atoms with van der Waals surface area (Å²) in [6.07, 6.45) is 0. The molecule has 1 aromatic heterocycles. The molecular formula is C8H15N3O2S. The molecule has 1 aromatic rings. The Balaban J connectivity index is 2.31. The summed E-state index contributed by atoms with van der Waals surface area (Å²) < 4.78 is 10.3. The average Bonchev–Trinajstić information content (AvgIpc) is 2.59. The second-order valence-corrected chi connectivity index (χ2v) is 3.81. The molecule has 0 aliphatic rings. The van der Waals surface area contributed by atoms with Gasteiger partial charge in [-0.15, -0.1) is 10.2 Å². The lowest BCUT2D eigenvalue weighted by molar-refractivity contribution is 0.177. The second kappa shape index (κ2) is 6.00. The lowest BCUT2D eigenvalue weighted by atomic mass is 10.4. The summed E-state index contributed by atoms with van der Waals surface area (Å²) >= 11 is 1.53. The Hall–Kier alpha value is -0.590. The molecule has 0 bridgehead atoms. The van der Waals surface area contributed by atoms with Gasteiger partial charge in [0, 0.05) is 25.8 Å². The molecule has 1 heterocycles. The highest BCUT2D eigenvalue weighted by atomic mass is 32.2. The number of hydrogen-bond acceptors (Lipinski definition) is 6. The van der Waals surface area contributed by atoms with Gasteiger partial charge in [-0.1, -0.05) is 11.8 Å². The van der Waals surface area contributed by atoms with Gasteiger partial charge in [0.25, 0.3) is 5.22 Å². The van der Waals surface area contributed by atoms with Crippen molar-refractivity contribution in [2.75, 3.05) is 26.5 Å². The zero-order valence-corrected chi connectivity index (χ0v) is 9.43. The minimum atomic E-state index is 0.303. The first-order chi connectivity index (χ1) is 6.76. The maximum Gasteiger partial charge on any atom is 0.276 e. The topological polar surface area (TPSA) is 60.2 Å². The number of ether oxygens (including phenoxy) is 1. The van der Waals surface area contributed by atoms with Crippen molar-refractivity contribution >= 4 is 11.8 Å². The van der Waals surface area contributed by atoms with Crippen LogP contribution in [0.5, 0.6) is 0 Å². The van der Waals surface area contributed by atoms with Crippen LogP contribution in [0.4, 0.5) is 0 Å². The Morgan fingerprint density at radius 2 is 2.36 bits per heavy atom. The molecule has 0 saturated carbocycles. The molecule has 0 spiro atoms. The van der Waals surface area contributed by atoms with Crippen LogP contribution in [0.25, 0.3) is 0 Å². The summed E-state index contributed by atoms with van der Waals surface area (Å²) in [5, 5.41) is 11.4. The van der Waals surface area contributed by atoms with Crippen LogP contribution in [0.1, 0.15) is 5.89 Å². The van der Waals surface area contributed by atoms with E-state index in [0.29, 0.717) is 23.8 Å². The van der Waals surface area contributed by atoms with Crippen molar-refractivity contribution in [3.05, 3.63) is 5.89 Å². The molecule has 1 atom stereocenters. The van der Waals surface area contributed by atoms with Crippen LogP contribution >= 0.6 is 11.8 Å². The van der Waals surface area contributed by atoms with Crippen LogP contribution in [-0.4, -0.2) is 42.8 Å². The second-order valence-electron chi connectivity index (χ2n) is 2.84. The van der Waals surface area contributed by atoms with Crippen LogP contribution in [0.2, 0.25) is 0 Å². The fourth-order valence-corrected chi connectivity index (χ4v) is 1.81. The third kappa shape index (κ3) is 3.65. The molecule has 0 radical (unpaired) electrons. The molecule has 1 rings (SSSR count). The van der Waals surface area contributed by atoms with Crippen molar-refractivity contribution in [2.24, 2.45) is 0 Å². The summed E-state index contributed by atoms with van der Waals surface area (Å²) in [4.78, 5) is 0. The number of thioether (sulfide) groups is 1. The van der Waals surface area contributed by atoms with Crippen molar-refractivity contribution in [1.29, 1.82) is 0 Å². The number of hydrogen-bond donors (Lipinski definition) is 1. The van der Waals surface area contributed by atoms with E-state index in [9.17, 15) is 0 Å². The summed E-state index contributed by atoms with van der Waals surface area (Å²) in [6.45, 7) is 2.46. The minimum absolute atomic E-state index is 0.303. The zero-order valence-electron chi connectivity index (χ0n) is 8.61. The number of likely N-dealkylation sites (N-methyl/N-ethyl adjacent to an activating group) is 1. The van der Waals surface area contributed by atoms with E-state index >= 15 is 0 Å². The number of methoxy groups -OCH3 is 1. The minimum Gasteiger partial charge on any atom is -0.416 e. The number of rotatable bonds is 6. The van der Waals surface area contributed by atoms with Gasteiger partial charge in [-0.05, 0) is 7.05 Å². The van der Waals surface area contributed by atoms with Gasteiger partial charge in [-0.25, -0.2) is 0 Å². The monoisotopic (exact) mass is 217 g/mol. The fourth-order valence-electron chi connectivity index (χ4n) is 0.925. The van der Waals surface area contributed by atoms with Gasteiger partial charge in [0.05, 0.1) is 6.61 Å². The molecule has 1 unspecified atom stereocenters. The van der Waals surface area contributed by atoms with Gasteiger partial charge in [0.1, 0.15) is 0 Å². The van der Waals surface area contributed by atoms with Gasteiger partial charge in [-0.3, -0.25) is 0 Å². The maximum absolute atomic E-state index is 5.23. The van der Waals surface area contributed by atoms with Crippen LogP contribution in [0, 0.1) is 6.92 Å². The van der Waals surface area contributed by atoms with E-state index in [1.807, 2.05) is 7.05 Å². The maximum atomic E-state index is 5.23. The SMILES string of the molecule is CNC(COC)CSc1nnc(C)o1. The molecule has 0 saturated heterocycles. The van der Waals surface area contributed by atoms with Crippen molar-refractivity contribution in [2.45, 2.75) is 18.2 Å². The van der Waals surface area contributed by atoms with Crippen molar-refractivity contribution < 1.29 is 9.15 Å². The Labute approximate surface area is 87.6 Å². The summed E-state index contributed by atoms with van der Waals surface area (Å²) in [7, 11) is 3.59. The number of aromatic nitrogens is 2. The van der Waals surface area contributed by atoms with Crippen LogP contribution < -0.4 is 5.32 Å². The van der Waals surface area contributed by atoms with Crippen molar-refractivity contribution in [3.8, 4) is 0 Å². The molecule has 0 amide bonds. The van der Waals surface area contributed by atoms with Gasteiger partial charge >= 0.3 is 0 Å². The molecule has 0 fully saturated rings. The predicted molar refractivity (Wildman–Crippen MR) is 54.5 cm³/mol. The van der Waals surface area contributed by atoms with Gasteiger partial charge in [-0.2, -0.15) is 0 Å². The molecule has 0 aliphatic carbocycles. The summed E-state index contributed by atoms with van der Waals surface area (Å²) in [6, 6.07) is 0.303. The Morgan fingerprint density at radius 3 is 2.86 bits per heavy atom. The van der Waals surface area contributed by atoms with Crippen LogP contribution in [0.3, 0.4) is 0 Å². The Kier molecular flexibility index (Phi) is 4.92. The summed E-state index contributed by atoms with van der Waals surface area (Å²) in [5.74, 6) is 1.45. The predicted octanol–water partition coefficient (Wildman–Crippen LogP) is 0.705. The highest BCUT2D eigenvalue weighted by Gasteiger charge is 2.09. The van der Waals surface area contributed by atoms with Gasteiger partial charge < -0.3 is 14.5 Å². The quantitative estimate of drug-likeness (QED) is 0.708. The van der Waals surface area contributed by atoms with E-state index in [2.05, 4.69) is 15.5 Å². The fraction of sp³-hybridized carbons (Fsp3) is 0.750. The third-order valence-electron chi connectivity index (χ3n) is 1.69. The highest BCUT2D eigenvalue weighted by Crippen LogP contribution is 2.16. The Morgan fingerprint density at radius 1 is 1.57 bits per heavy atom. The first-order valence-corrected chi connectivity index (χ1v) is 5.34. The van der Waals surface area contributed by atoms with E-state index in [1.165, 1.54) is 11.8 Å². The van der Waals surface area contributed by atoms with Crippen LogP contribution in [-0.2, 0) is 4.74 Å². The Bertz CT molecular complexity index is 267. The lowest BCUT2D eigenvalue weighted by Gasteiger charge is -2.12. The van der Waals surface area contributed by atoms with Gasteiger partial charge in [0.15, 0.2) is 0 Å². The standard InChI is InChI=1S/C8H15N3O2S/c1-6-10-11-8(13-6)14-5-7(9-2)4-12-3/h7,9H,4-5H2,1-3H3. The van der Waals surface area contributed by atoms with Crippen LogP contribution in [0.15, 0.2) is 9.64 Å². The van der Waals surface area contributed by atoms with E-state index in [0.717, 1.165) is 5.75 Å². The smallest absolute Gasteiger partial charge is 0.276 e. The zero-order chi connectivity index (χ0) is 10.4. The van der Waals surface area contributed by atoms with Crippen molar-refractivity contribution in [3.63, 3.8) is 0 Å². The summed E-state index contributed by atoms with van der Waals surface area (Å²) in [5.41, 5.74) is 0. The molecule has 0 aliphatic heterocycles. The number of nitrogens with zero attached hydrogens (tertiary/aromatic N) is 2. The first kappa shape index (κ1) is 11.5. The normalized spacial score (nSPS) is 13.1. The van der Waals surface area contributed by atoms with E-state index < -0.39 is 0 Å². The molecule has 1 N–H and O–H groups in total. The molecule has 5 nitrogen and oxygen atoms in total. The molecule has 0 aromatic carbocycles. The van der Waals surface area contributed by atoms with Crippen molar-refractivity contribution in [1.82, 2.24) is 15.5 Å². The largest absolute Gasteiger partial charge is 0.416 e. The van der Waals surface area contributed by atoms with Gasteiger partial charge in [0.2, 0.25) is 5.89 Å². The number of nitrogens with one attached hydrogen (secondary N) is 1. The third-order valence-corrected chi connectivity index (χ3v) is 2.67. The average molecular weight is 217 g/mol. The highest BCUT2D eigenvalue weighted by molar-refractivity contribution is 7.99.